The molecule has 112 valence electrons. The van der Waals surface area contributed by atoms with Crippen LogP contribution in [0.15, 0.2) is 42.7 Å². The fourth-order valence-corrected chi connectivity index (χ4v) is 1.99. The summed E-state index contributed by atoms with van der Waals surface area (Å²) < 4.78 is 5.27. The Kier molecular flexibility index (Phi) is 3.97. The fourth-order valence-electron chi connectivity index (χ4n) is 1.99. The molecule has 0 spiro atoms. The van der Waals surface area contributed by atoms with Gasteiger partial charge in [-0.15, -0.1) is 0 Å². The van der Waals surface area contributed by atoms with Crippen molar-refractivity contribution in [1.82, 2.24) is 15.2 Å². The van der Waals surface area contributed by atoms with Gasteiger partial charge in [-0.25, -0.2) is 4.98 Å². The van der Waals surface area contributed by atoms with E-state index in [-0.39, 0.29) is 5.91 Å². The molecule has 0 fully saturated rings. The predicted molar refractivity (Wildman–Crippen MR) is 82.8 cm³/mol. The number of aromatic amines is 1. The number of amides is 1. The fraction of sp³-hybridized carbons (Fsp3) is 0.133. The van der Waals surface area contributed by atoms with Gasteiger partial charge in [0.15, 0.2) is 0 Å². The second-order valence-electron chi connectivity index (χ2n) is 4.65. The van der Waals surface area contributed by atoms with Gasteiger partial charge >= 0.3 is 0 Å². The van der Waals surface area contributed by atoms with Gasteiger partial charge in [0, 0.05) is 29.9 Å². The molecule has 0 aliphatic carbocycles. The predicted octanol–water partition coefficient (Wildman–Crippen LogP) is 1.55. The SMILES string of the molecule is NCCOc1ccc(C(=O)Nc2ccc3[nH]ncc3c2)cn1. The first-order valence-corrected chi connectivity index (χ1v) is 6.79. The Morgan fingerprint density at radius 2 is 2.18 bits per heavy atom. The van der Waals surface area contributed by atoms with Crippen LogP contribution in [0.4, 0.5) is 5.69 Å². The maximum absolute atomic E-state index is 12.2. The lowest BCUT2D eigenvalue weighted by Gasteiger charge is -2.06. The average Bonchev–Trinajstić information content (AvgIpc) is 3.01. The topological polar surface area (TPSA) is 106 Å². The van der Waals surface area contributed by atoms with Crippen LogP contribution in [0.1, 0.15) is 10.4 Å². The highest BCUT2D eigenvalue weighted by Gasteiger charge is 2.08. The lowest BCUT2D eigenvalue weighted by molar-refractivity contribution is 0.102. The number of rotatable bonds is 5. The van der Waals surface area contributed by atoms with Crippen LogP contribution < -0.4 is 15.8 Å². The third-order valence-electron chi connectivity index (χ3n) is 3.06. The minimum atomic E-state index is -0.235. The molecule has 3 rings (SSSR count). The van der Waals surface area contributed by atoms with Crippen LogP contribution in [0.2, 0.25) is 0 Å². The lowest BCUT2D eigenvalue weighted by atomic mass is 10.2. The van der Waals surface area contributed by atoms with E-state index in [1.54, 1.807) is 18.3 Å². The van der Waals surface area contributed by atoms with Crippen LogP contribution in [0, 0.1) is 0 Å². The maximum atomic E-state index is 12.2. The van der Waals surface area contributed by atoms with Crippen LogP contribution >= 0.6 is 0 Å². The lowest BCUT2D eigenvalue weighted by Crippen LogP contribution is -2.13. The molecule has 0 bridgehead atoms. The highest BCUT2D eigenvalue weighted by Crippen LogP contribution is 2.17. The number of aromatic nitrogens is 3. The number of H-pyrrole nitrogens is 1. The Hall–Kier alpha value is -2.93. The van der Waals surface area contributed by atoms with Gasteiger partial charge in [-0.1, -0.05) is 0 Å². The van der Waals surface area contributed by atoms with Crippen molar-refractivity contribution in [3.8, 4) is 5.88 Å². The first kappa shape index (κ1) is 14.0. The van der Waals surface area contributed by atoms with Gasteiger partial charge in [-0.3, -0.25) is 9.89 Å². The largest absolute Gasteiger partial charge is 0.476 e. The molecule has 1 aromatic carbocycles. The molecule has 3 aromatic rings. The number of carbonyl (C=O) groups is 1. The summed E-state index contributed by atoms with van der Waals surface area (Å²) in [4.78, 5) is 16.2. The first-order valence-electron chi connectivity index (χ1n) is 6.79. The van der Waals surface area contributed by atoms with E-state index >= 15 is 0 Å². The summed E-state index contributed by atoms with van der Waals surface area (Å²) >= 11 is 0. The third kappa shape index (κ3) is 3.04. The number of pyridine rings is 1. The molecular formula is C15H15N5O2. The molecule has 0 saturated carbocycles. The number of carbonyl (C=O) groups excluding carboxylic acids is 1. The zero-order valence-corrected chi connectivity index (χ0v) is 11.7. The van der Waals surface area contributed by atoms with Gasteiger partial charge < -0.3 is 15.8 Å². The standard InChI is InChI=1S/C15H15N5O2/c16-5-6-22-14-4-1-10(8-17-14)15(21)19-12-2-3-13-11(7-12)9-18-20-13/h1-4,7-9H,5-6,16H2,(H,18,20)(H,19,21). The van der Waals surface area contributed by atoms with E-state index in [1.807, 2.05) is 18.2 Å². The van der Waals surface area contributed by atoms with E-state index in [1.165, 1.54) is 6.20 Å². The molecule has 7 heteroatoms. The van der Waals surface area contributed by atoms with Gasteiger partial charge in [-0.2, -0.15) is 5.10 Å². The van der Waals surface area contributed by atoms with Gasteiger partial charge in [0.25, 0.3) is 5.91 Å². The van der Waals surface area contributed by atoms with E-state index < -0.39 is 0 Å². The molecule has 0 atom stereocenters. The summed E-state index contributed by atoms with van der Waals surface area (Å²) in [6.45, 7) is 0.809. The van der Waals surface area contributed by atoms with Gasteiger partial charge in [0.05, 0.1) is 17.3 Å². The van der Waals surface area contributed by atoms with Gasteiger partial charge in [0.1, 0.15) is 6.61 Å². The molecule has 2 aromatic heterocycles. The molecule has 7 nitrogen and oxygen atoms in total. The van der Waals surface area contributed by atoms with E-state index in [4.69, 9.17) is 10.5 Å². The smallest absolute Gasteiger partial charge is 0.257 e. The Bertz CT molecular complexity index is 782. The second-order valence-corrected chi connectivity index (χ2v) is 4.65. The number of nitrogens with two attached hydrogens (primary N) is 1. The monoisotopic (exact) mass is 297 g/mol. The number of benzene rings is 1. The van der Waals surface area contributed by atoms with E-state index in [2.05, 4.69) is 20.5 Å². The Balaban J connectivity index is 1.70. The van der Waals surface area contributed by atoms with Crippen molar-refractivity contribution in [2.24, 2.45) is 5.73 Å². The molecule has 0 aliphatic rings. The molecule has 0 radical (unpaired) electrons. The Morgan fingerprint density at radius 3 is 2.95 bits per heavy atom. The number of hydrogen-bond acceptors (Lipinski definition) is 5. The van der Waals surface area contributed by atoms with E-state index in [9.17, 15) is 4.79 Å². The molecular weight excluding hydrogens is 282 g/mol. The van der Waals surface area contributed by atoms with Gasteiger partial charge in [0.2, 0.25) is 5.88 Å². The highest BCUT2D eigenvalue weighted by molar-refractivity contribution is 6.04. The minimum Gasteiger partial charge on any atom is -0.476 e. The summed E-state index contributed by atoms with van der Waals surface area (Å²) in [5.74, 6) is 0.211. The molecule has 0 unspecified atom stereocenters. The van der Waals surface area contributed by atoms with Gasteiger partial charge in [-0.05, 0) is 24.3 Å². The van der Waals surface area contributed by atoms with Crippen LogP contribution in [0.25, 0.3) is 10.9 Å². The van der Waals surface area contributed by atoms with Crippen LogP contribution in [0.3, 0.4) is 0 Å². The number of nitrogens with zero attached hydrogens (tertiary/aromatic N) is 2. The summed E-state index contributed by atoms with van der Waals surface area (Å²) in [5, 5.41) is 10.6. The molecule has 22 heavy (non-hydrogen) atoms. The van der Waals surface area contributed by atoms with Crippen molar-refractivity contribution in [1.29, 1.82) is 0 Å². The van der Waals surface area contributed by atoms with Crippen molar-refractivity contribution >= 4 is 22.5 Å². The Morgan fingerprint density at radius 1 is 1.27 bits per heavy atom. The van der Waals surface area contributed by atoms with Crippen molar-refractivity contribution < 1.29 is 9.53 Å². The summed E-state index contributed by atoms with van der Waals surface area (Å²) in [5.41, 5.74) is 7.41. The number of anilines is 1. The zero-order chi connectivity index (χ0) is 15.4. The minimum absolute atomic E-state index is 0.235. The van der Waals surface area contributed by atoms with Crippen molar-refractivity contribution in [2.75, 3.05) is 18.5 Å². The third-order valence-corrected chi connectivity index (χ3v) is 3.06. The van der Waals surface area contributed by atoms with E-state index in [0.717, 1.165) is 10.9 Å². The normalized spacial score (nSPS) is 10.6. The van der Waals surface area contributed by atoms with Crippen molar-refractivity contribution in [3.63, 3.8) is 0 Å². The molecule has 2 heterocycles. The molecule has 0 saturated heterocycles. The van der Waals surface area contributed by atoms with E-state index in [0.29, 0.717) is 30.3 Å². The average molecular weight is 297 g/mol. The van der Waals surface area contributed by atoms with Crippen LogP contribution in [-0.2, 0) is 0 Å². The summed E-state index contributed by atoms with van der Waals surface area (Å²) in [7, 11) is 0. The van der Waals surface area contributed by atoms with Crippen molar-refractivity contribution in [3.05, 3.63) is 48.3 Å². The maximum Gasteiger partial charge on any atom is 0.257 e. The zero-order valence-electron chi connectivity index (χ0n) is 11.7. The van der Waals surface area contributed by atoms with Crippen LogP contribution in [-0.4, -0.2) is 34.2 Å². The summed E-state index contributed by atoms with van der Waals surface area (Å²) in [6.07, 6.45) is 3.17. The summed E-state index contributed by atoms with van der Waals surface area (Å²) in [6, 6.07) is 8.82. The number of ether oxygens (including phenoxy) is 1. The molecule has 1 amide bonds. The highest BCUT2D eigenvalue weighted by atomic mass is 16.5. The number of fused-ring (bicyclic) bond motifs is 1. The second kappa shape index (κ2) is 6.23. The Labute approximate surface area is 126 Å². The first-order chi connectivity index (χ1) is 10.8. The van der Waals surface area contributed by atoms with Crippen molar-refractivity contribution in [2.45, 2.75) is 0 Å². The molecule has 4 N–H and O–H groups in total. The molecule has 0 aliphatic heterocycles. The number of hydrogen-bond donors (Lipinski definition) is 3. The quantitative estimate of drug-likeness (QED) is 0.662. The number of nitrogens with one attached hydrogen (secondary N) is 2. The van der Waals surface area contributed by atoms with Crippen LogP contribution in [0.5, 0.6) is 5.88 Å².